The third kappa shape index (κ3) is 3.21. The lowest BCUT2D eigenvalue weighted by molar-refractivity contribution is -0.139. The minimum Gasteiger partial charge on any atom is -0.469 e. The number of hydrogen-bond acceptors (Lipinski definition) is 4. The Balaban J connectivity index is 2.27. The molecule has 0 unspecified atom stereocenters. The topological polar surface area (TPSA) is 70.1 Å². The maximum atomic E-state index is 11.4. The highest BCUT2D eigenvalue weighted by Gasteiger charge is 2.11. The average molecular weight is 289 g/mol. The third-order valence-electron chi connectivity index (χ3n) is 2.96. The quantitative estimate of drug-likeness (QED) is 0.663. The highest BCUT2D eigenvalue weighted by molar-refractivity contribution is 7.80. The van der Waals surface area contributed by atoms with Gasteiger partial charge in [-0.1, -0.05) is 36.5 Å². The van der Waals surface area contributed by atoms with Gasteiger partial charge >= 0.3 is 5.97 Å². The van der Waals surface area contributed by atoms with Gasteiger partial charge in [-0.15, -0.1) is 0 Å². The molecule has 0 aliphatic heterocycles. The summed E-state index contributed by atoms with van der Waals surface area (Å²) in [5.41, 5.74) is 7.55. The van der Waals surface area contributed by atoms with Gasteiger partial charge in [-0.2, -0.15) is 0 Å². The van der Waals surface area contributed by atoms with Gasteiger partial charge in [0.2, 0.25) is 0 Å². The van der Waals surface area contributed by atoms with Crippen molar-refractivity contribution in [3.8, 4) is 0 Å². The zero-order chi connectivity index (χ0) is 14.5. The van der Waals surface area contributed by atoms with E-state index in [1.807, 2.05) is 35.0 Å². The number of aromatic nitrogens is 2. The summed E-state index contributed by atoms with van der Waals surface area (Å²) < 4.78 is 6.57. The van der Waals surface area contributed by atoms with Crippen LogP contribution in [0.1, 0.15) is 17.0 Å². The summed E-state index contributed by atoms with van der Waals surface area (Å²) in [6, 6.07) is 7.68. The molecule has 0 radical (unpaired) electrons. The van der Waals surface area contributed by atoms with Gasteiger partial charge < -0.3 is 15.0 Å². The first-order valence-electron chi connectivity index (χ1n) is 6.06. The number of carbonyl (C=O) groups is 1. The molecule has 2 rings (SSSR count). The largest absolute Gasteiger partial charge is 0.469 e. The molecule has 0 bridgehead atoms. The van der Waals surface area contributed by atoms with Gasteiger partial charge in [0, 0.05) is 18.9 Å². The molecule has 1 aromatic heterocycles. The fourth-order valence-corrected chi connectivity index (χ4v) is 2.13. The number of nitrogens with zero attached hydrogens (tertiary/aromatic N) is 2. The second-order valence-electron chi connectivity index (χ2n) is 4.26. The van der Waals surface area contributed by atoms with E-state index < -0.39 is 0 Å². The molecule has 2 aromatic rings. The van der Waals surface area contributed by atoms with E-state index in [0.29, 0.717) is 12.4 Å². The first kappa shape index (κ1) is 14.2. The maximum absolute atomic E-state index is 11.4. The Bertz CT molecular complexity index is 637. The van der Waals surface area contributed by atoms with Gasteiger partial charge in [0.15, 0.2) is 5.82 Å². The highest BCUT2D eigenvalue weighted by atomic mass is 32.1. The standard InChI is InChI=1S/C14H15N3O2S/c1-19-12(18)8-10-4-2-3-5-11(10)9-17-7-6-16-14(17)13(15)20/h2-7H,8-9H2,1H3,(H2,15,20). The number of esters is 1. The lowest BCUT2D eigenvalue weighted by Gasteiger charge is -2.11. The van der Waals surface area contributed by atoms with Gasteiger partial charge in [-0.25, -0.2) is 4.98 Å². The molecule has 0 atom stereocenters. The molecule has 0 aliphatic carbocycles. The SMILES string of the molecule is COC(=O)Cc1ccccc1Cn1ccnc1C(N)=S. The first-order valence-corrected chi connectivity index (χ1v) is 6.47. The number of thiocarbonyl (C=S) groups is 1. The van der Waals surface area contributed by atoms with Crippen LogP contribution in [0.15, 0.2) is 36.7 Å². The fraction of sp³-hybridized carbons (Fsp3) is 0.214. The molecule has 0 aliphatic rings. The van der Waals surface area contributed by atoms with E-state index in [9.17, 15) is 4.79 Å². The molecule has 1 aromatic carbocycles. The number of benzene rings is 1. The molecule has 0 saturated carbocycles. The third-order valence-corrected chi connectivity index (χ3v) is 3.14. The Labute approximate surface area is 122 Å². The molecular formula is C14H15N3O2S. The molecule has 1 heterocycles. The molecule has 0 amide bonds. The molecule has 6 heteroatoms. The van der Waals surface area contributed by atoms with Crippen molar-refractivity contribution in [2.45, 2.75) is 13.0 Å². The van der Waals surface area contributed by atoms with E-state index in [1.165, 1.54) is 7.11 Å². The lowest BCUT2D eigenvalue weighted by Crippen LogP contribution is -2.18. The predicted octanol–water partition coefficient (Wildman–Crippen LogP) is 1.28. The molecule has 0 fully saturated rings. The monoisotopic (exact) mass is 289 g/mol. The smallest absolute Gasteiger partial charge is 0.309 e. The molecular weight excluding hydrogens is 274 g/mol. The van der Waals surface area contributed by atoms with E-state index in [1.54, 1.807) is 6.20 Å². The lowest BCUT2D eigenvalue weighted by atomic mass is 10.0. The molecule has 2 N–H and O–H groups in total. The maximum Gasteiger partial charge on any atom is 0.309 e. The van der Waals surface area contributed by atoms with Crippen molar-refractivity contribution in [2.75, 3.05) is 7.11 Å². The Kier molecular flexibility index (Phi) is 4.47. The van der Waals surface area contributed by atoms with Crippen molar-refractivity contribution in [2.24, 2.45) is 5.73 Å². The Hall–Kier alpha value is -2.21. The molecule has 20 heavy (non-hydrogen) atoms. The zero-order valence-electron chi connectivity index (χ0n) is 11.1. The Morgan fingerprint density at radius 1 is 1.40 bits per heavy atom. The Morgan fingerprint density at radius 2 is 2.10 bits per heavy atom. The second kappa shape index (κ2) is 6.29. The Morgan fingerprint density at radius 3 is 2.75 bits per heavy atom. The van der Waals surface area contributed by atoms with E-state index in [0.717, 1.165) is 11.1 Å². The van der Waals surface area contributed by atoms with E-state index in [-0.39, 0.29) is 17.4 Å². The van der Waals surface area contributed by atoms with Crippen LogP contribution >= 0.6 is 12.2 Å². The number of hydrogen-bond donors (Lipinski definition) is 1. The number of carbonyl (C=O) groups excluding carboxylic acids is 1. The van der Waals surface area contributed by atoms with Crippen LogP contribution in [0.4, 0.5) is 0 Å². The molecule has 0 spiro atoms. The van der Waals surface area contributed by atoms with E-state index in [2.05, 4.69) is 4.98 Å². The number of methoxy groups -OCH3 is 1. The summed E-state index contributed by atoms with van der Waals surface area (Å²) in [6.45, 7) is 0.555. The fourth-order valence-electron chi connectivity index (χ4n) is 1.96. The average Bonchev–Trinajstić information content (AvgIpc) is 2.89. The van der Waals surface area contributed by atoms with Crippen molar-refractivity contribution < 1.29 is 9.53 Å². The molecule has 0 saturated heterocycles. The molecule has 104 valence electrons. The van der Waals surface area contributed by atoms with Crippen molar-refractivity contribution >= 4 is 23.2 Å². The summed E-state index contributed by atoms with van der Waals surface area (Å²) in [6.07, 6.45) is 3.70. The summed E-state index contributed by atoms with van der Waals surface area (Å²) in [4.78, 5) is 15.8. The van der Waals surface area contributed by atoms with Crippen LogP contribution in [0.25, 0.3) is 0 Å². The number of ether oxygens (including phenoxy) is 1. The second-order valence-corrected chi connectivity index (χ2v) is 4.70. The van der Waals surface area contributed by atoms with Crippen LogP contribution in [-0.4, -0.2) is 27.6 Å². The number of nitrogens with two attached hydrogens (primary N) is 1. The van der Waals surface area contributed by atoms with Gasteiger partial charge in [-0.05, 0) is 11.1 Å². The van der Waals surface area contributed by atoms with E-state index >= 15 is 0 Å². The normalized spacial score (nSPS) is 10.2. The number of rotatable bonds is 5. The van der Waals surface area contributed by atoms with Crippen molar-refractivity contribution in [1.29, 1.82) is 0 Å². The summed E-state index contributed by atoms with van der Waals surface area (Å²) >= 11 is 4.96. The highest BCUT2D eigenvalue weighted by Crippen LogP contribution is 2.13. The van der Waals surface area contributed by atoms with Crippen LogP contribution in [0.2, 0.25) is 0 Å². The minimum absolute atomic E-state index is 0.240. The zero-order valence-corrected chi connectivity index (χ0v) is 11.9. The first-order chi connectivity index (χ1) is 9.61. The summed E-state index contributed by atoms with van der Waals surface area (Å²) in [7, 11) is 1.38. The van der Waals surface area contributed by atoms with Crippen molar-refractivity contribution in [3.05, 3.63) is 53.6 Å². The van der Waals surface area contributed by atoms with Gasteiger partial charge in [0.1, 0.15) is 4.99 Å². The number of imidazole rings is 1. The van der Waals surface area contributed by atoms with Gasteiger partial charge in [0.05, 0.1) is 13.5 Å². The van der Waals surface area contributed by atoms with Crippen molar-refractivity contribution in [1.82, 2.24) is 9.55 Å². The minimum atomic E-state index is -0.266. The van der Waals surface area contributed by atoms with Crippen LogP contribution in [0, 0.1) is 0 Å². The van der Waals surface area contributed by atoms with Crippen LogP contribution in [-0.2, 0) is 22.5 Å². The van der Waals surface area contributed by atoms with Gasteiger partial charge in [0.25, 0.3) is 0 Å². The van der Waals surface area contributed by atoms with Gasteiger partial charge in [-0.3, -0.25) is 4.79 Å². The molecule has 5 nitrogen and oxygen atoms in total. The van der Waals surface area contributed by atoms with Crippen molar-refractivity contribution in [3.63, 3.8) is 0 Å². The van der Waals surface area contributed by atoms with E-state index in [4.69, 9.17) is 22.7 Å². The summed E-state index contributed by atoms with van der Waals surface area (Å²) in [5.74, 6) is 0.297. The van der Waals surface area contributed by atoms with Crippen LogP contribution in [0.3, 0.4) is 0 Å². The predicted molar refractivity (Wildman–Crippen MR) is 79.4 cm³/mol. The summed E-state index contributed by atoms with van der Waals surface area (Å²) in [5, 5.41) is 0. The van der Waals surface area contributed by atoms with Crippen LogP contribution in [0.5, 0.6) is 0 Å². The van der Waals surface area contributed by atoms with Crippen LogP contribution < -0.4 is 5.73 Å².